The molecule has 0 radical (unpaired) electrons. The van der Waals surface area contributed by atoms with Crippen molar-refractivity contribution >= 4 is 23.0 Å². The Morgan fingerprint density at radius 3 is 2.69 bits per heavy atom. The van der Waals surface area contributed by atoms with Crippen LogP contribution >= 0.6 is 11.3 Å². The van der Waals surface area contributed by atoms with Gasteiger partial charge >= 0.3 is 0 Å². The van der Waals surface area contributed by atoms with E-state index in [0.717, 1.165) is 42.7 Å². The first-order valence-electron chi connectivity index (χ1n) is 8.92. The summed E-state index contributed by atoms with van der Waals surface area (Å²) in [7, 11) is 1.91. The molecule has 0 aliphatic heterocycles. The van der Waals surface area contributed by atoms with Crippen LogP contribution < -0.4 is 15.5 Å². The monoisotopic (exact) mass is 377 g/mol. The van der Waals surface area contributed by atoms with Crippen molar-refractivity contribution in [2.24, 2.45) is 4.99 Å². The summed E-state index contributed by atoms with van der Waals surface area (Å²) in [6.45, 7) is 9.05. The molecule has 0 saturated carbocycles. The molecule has 0 unspecified atom stereocenters. The quantitative estimate of drug-likeness (QED) is 0.420. The van der Waals surface area contributed by atoms with Crippen LogP contribution in [-0.2, 0) is 6.54 Å². The lowest BCUT2D eigenvalue weighted by Gasteiger charge is -2.20. The molecule has 7 heteroatoms. The average molecular weight is 378 g/mol. The van der Waals surface area contributed by atoms with Crippen LogP contribution in [0.1, 0.15) is 28.9 Å². The largest absolute Gasteiger partial charge is 0.372 e. The van der Waals surface area contributed by atoms with E-state index in [9.17, 15) is 4.39 Å². The van der Waals surface area contributed by atoms with Gasteiger partial charge < -0.3 is 15.5 Å². The first-order valence-corrected chi connectivity index (χ1v) is 9.73. The first-order chi connectivity index (χ1) is 12.5. The van der Waals surface area contributed by atoms with E-state index < -0.39 is 0 Å². The molecule has 2 aromatic rings. The zero-order valence-electron chi connectivity index (χ0n) is 16.0. The lowest BCUT2D eigenvalue weighted by atomic mass is 10.2. The van der Waals surface area contributed by atoms with Crippen molar-refractivity contribution in [2.45, 2.75) is 33.7 Å². The predicted molar refractivity (Wildman–Crippen MR) is 109 cm³/mol. The van der Waals surface area contributed by atoms with E-state index in [0.29, 0.717) is 12.2 Å². The Labute approximate surface area is 159 Å². The van der Waals surface area contributed by atoms with Crippen LogP contribution in [0.3, 0.4) is 0 Å². The number of anilines is 1. The van der Waals surface area contributed by atoms with Crippen molar-refractivity contribution in [1.82, 2.24) is 15.6 Å². The highest BCUT2D eigenvalue weighted by molar-refractivity contribution is 7.11. The summed E-state index contributed by atoms with van der Waals surface area (Å²) < 4.78 is 13.8. The molecule has 1 aromatic heterocycles. The number of rotatable bonds is 8. The molecule has 1 heterocycles. The highest BCUT2D eigenvalue weighted by Crippen LogP contribution is 2.17. The number of halogens is 1. The smallest absolute Gasteiger partial charge is 0.191 e. The minimum Gasteiger partial charge on any atom is -0.372 e. The Morgan fingerprint density at radius 1 is 1.27 bits per heavy atom. The first kappa shape index (κ1) is 20.2. The van der Waals surface area contributed by atoms with Gasteiger partial charge in [-0.3, -0.25) is 0 Å². The summed E-state index contributed by atoms with van der Waals surface area (Å²) in [6, 6.07) is 6.85. The van der Waals surface area contributed by atoms with Gasteiger partial charge in [-0.1, -0.05) is 12.1 Å². The standard InChI is InChI=1S/C19H28FN5S/c1-5-21-19(23-13-18-24-14(2)15(3)26-18)22-11-8-12-25(4)17-10-7-6-9-16(17)20/h6-7,9-10H,5,8,11-13H2,1-4H3,(H2,21,22,23). The second-order valence-corrected chi connectivity index (χ2v) is 7.39. The molecule has 0 amide bonds. The molecule has 142 valence electrons. The van der Waals surface area contributed by atoms with Crippen LogP contribution in [0, 0.1) is 19.7 Å². The molecule has 0 spiro atoms. The van der Waals surface area contributed by atoms with Gasteiger partial charge in [-0.15, -0.1) is 11.3 Å². The Balaban J connectivity index is 1.80. The summed E-state index contributed by atoms with van der Waals surface area (Å²) in [5, 5.41) is 7.60. The number of benzene rings is 1. The third kappa shape index (κ3) is 5.98. The lowest BCUT2D eigenvalue weighted by Crippen LogP contribution is -2.38. The highest BCUT2D eigenvalue weighted by atomic mass is 32.1. The summed E-state index contributed by atoms with van der Waals surface area (Å²) in [5.74, 6) is 0.596. The number of hydrogen-bond donors (Lipinski definition) is 2. The van der Waals surface area contributed by atoms with Crippen LogP contribution in [-0.4, -0.2) is 37.6 Å². The Bertz CT molecular complexity index is 709. The summed E-state index contributed by atoms with van der Waals surface area (Å²) >= 11 is 1.69. The second-order valence-electron chi connectivity index (χ2n) is 6.10. The van der Waals surface area contributed by atoms with Crippen molar-refractivity contribution in [3.8, 4) is 0 Å². The van der Waals surface area contributed by atoms with Gasteiger partial charge in [0.1, 0.15) is 10.8 Å². The number of guanidine groups is 1. The molecule has 0 aliphatic rings. The third-order valence-electron chi connectivity index (χ3n) is 4.02. The van der Waals surface area contributed by atoms with Crippen molar-refractivity contribution in [3.63, 3.8) is 0 Å². The fourth-order valence-corrected chi connectivity index (χ4v) is 3.36. The predicted octanol–water partition coefficient (Wildman–Crippen LogP) is 3.48. The number of nitrogens with zero attached hydrogens (tertiary/aromatic N) is 3. The van der Waals surface area contributed by atoms with E-state index in [4.69, 9.17) is 0 Å². The van der Waals surface area contributed by atoms with Crippen LogP contribution in [0.4, 0.5) is 10.1 Å². The molecule has 1 aromatic carbocycles. The summed E-state index contributed by atoms with van der Waals surface area (Å²) in [5.41, 5.74) is 1.71. The number of para-hydroxylation sites is 1. The zero-order valence-corrected chi connectivity index (χ0v) is 16.8. The molecule has 2 rings (SSSR count). The maximum atomic E-state index is 13.8. The molecular formula is C19H28FN5S. The average Bonchev–Trinajstić information content (AvgIpc) is 2.94. The lowest BCUT2D eigenvalue weighted by molar-refractivity contribution is 0.619. The topological polar surface area (TPSA) is 52.6 Å². The number of aromatic nitrogens is 1. The van der Waals surface area contributed by atoms with Crippen molar-refractivity contribution < 1.29 is 4.39 Å². The minimum absolute atomic E-state index is 0.188. The maximum Gasteiger partial charge on any atom is 0.191 e. The summed E-state index contributed by atoms with van der Waals surface area (Å²) in [4.78, 5) is 12.3. The molecule has 2 N–H and O–H groups in total. The van der Waals surface area contributed by atoms with E-state index in [1.807, 2.05) is 31.9 Å². The van der Waals surface area contributed by atoms with Crippen LogP contribution in [0.5, 0.6) is 0 Å². The van der Waals surface area contributed by atoms with E-state index in [-0.39, 0.29) is 5.82 Å². The number of thiazole rings is 1. The van der Waals surface area contributed by atoms with E-state index in [2.05, 4.69) is 27.5 Å². The number of hydrogen-bond acceptors (Lipinski definition) is 4. The Kier molecular flexibility index (Phi) is 7.84. The highest BCUT2D eigenvalue weighted by Gasteiger charge is 2.07. The van der Waals surface area contributed by atoms with Gasteiger partial charge in [0.25, 0.3) is 0 Å². The molecule has 0 fully saturated rings. The third-order valence-corrected chi connectivity index (χ3v) is 5.07. The Morgan fingerprint density at radius 2 is 2.04 bits per heavy atom. The second kappa shape index (κ2) is 10.1. The van der Waals surface area contributed by atoms with Crippen LogP contribution in [0.25, 0.3) is 0 Å². The van der Waals surface area contributed by atoms with Gasteiger partial charge in [0.15, 0.2) is 5.96 Å². The SMILES string of the molecule is CCNC(=NCc1nc(C)c(C)s1)NCCCN(C)c1ccccc1F. The van der Waals surface area contributed by atoms with Crippen molar-refractivity contribution in [2.75, 3.05) is 31.6 Å². The van der Waals surface area contributed by atoms with Crippen molar-refractivity contribution in [1.29, 1.82) is 0 Å². The molecule has 0 aliphatic carbocycles. The van der Waals surface area contributed by atoms with E-state index >= 15 is 0 Å². The number of nitrogens with one attached hydrogen (secondary N) is 2. The Hall–Kier alpha value is -2.15. The molecule has 0 atom stereocenters. The van der Waals surface area contributed by atoms with Gasteiger partial charge in [0.2, 0.25) is 0 Å². The maximum absolute atomic E-state index is 13.8. The molecular weight excluding hydrogens is 349 g/mol. The molecule has 5 nitrogen and oxygen atoms in total. The van der Waals surface area contributed by atoms with Gasteiger partial charge in [0, 0.05) is 31.6 Å². The molecule has 26 heavy (non-hydrogen) atoms. The molecule has 0 saturated heterocycles. The van der Waals surface area contributed by atoms with Gasteiger partial charge in [-0.25, -0.2) is 14.4 Å². The van der Waals surface area contributed by atoms with Crippen molar-refractivity contribution in [3.05, 3.63) is 45.7 Å². The van der Waals surface area contributed by atoms with E-state index in [1.54, 1.807) is 23.5 Å². The normalized spacial score (nSPS) is 11.5. The van der Waals surface area contributed by atoms with Gasteiger partial charge in [-0.05, 0) is 39.3 Å². The van der Waals surface area contributed by atoms with E-state index in [1.165, 1.54) is 10.9 Å². The fourth-order valence-electron chi connectivity index (χ4n) is 2.50. The van der Waals surface area contributed by atoms with Crippen LogP contribution in [0.15, 0.2) is 29.3 Å². The van der Waals surface area contributed by atoms with Crippen LogP contribution in [0.2, 0.25) is 0 Å². The number of aryl methyl sites for hydroxylation is 2. The van der Waals surface area contributed by atoms with Gasteiger partial charge in [0.05, 0.1) is 17.9 Å². The minimum atomic E-state index is -0.188. The summed E-state index contributed by atoms with van der Waals surface area (Å²) in [6.07, 6.45) is 0.880. The zero-order chi connectivity index (χ0) is 18.9. The van der Waals surface area contributed by atoms with Gasteiger partial charge in [-0.2, -0.15) is 0 Å². The molecule has 0 bridgehead atoms. The fraction of sp³-hybridized carbons (Fsp3) is 0.474. The number of aliphatic imine (C=N–C) groups is 1.